The number of rotatable bonds is 6. The third-order valence-electron chi connectivity index (χ3n) is 5.94. The lowest BCUT2D eigenvalue weighted by atomic mass is 9.93. The Morgan fingerprint density at radius 3 is 2.27 bits per heavy atom. The van der Waals surface area contributed by atoms with Crippen LogP contribution in [0.1, 0.15) is 26.5 Å². The van der Waals surface area contributed by atoms with Crippen LogP contribution in [0.3, 0.4) is 0 Å². The van der Waals surface area contributed by atoms with Crippen molar-refractivity contribution in [1.29, 1.82) is 0 Å². The van der Waals surface area contributed by atoms with Gasteiger partial charge in [-0.25, -0.2) is 17.9 Å². The highest BCUT2D eigenvalue weighted by Gasteiger charge is 2.21. The number of nitrogens with one attached hydrogen (secondary N) is 3. The van der Waals surface area contributed by atoms with Crippen LogP contribution in [-0.4, -0.2) is 40.6 Å². The molecule has 0 fully saturated rings. The molecule has 5 aromatic rings. The van der Waals surface area contributed by atoms with E-state index in [1.807, 2.05) is 32.9 Å². The molecule has 3 aromatic heterocycles. The number of anilines is 4. The van der Waals surface area contributed by atoms with Crippen LogP contribution in [0.4, 0.5) is 27.7 Å². The Labute approximate surface area is 230 Å². The topological polar surface area (TPSA) is 170 Å². The number of nitrogens with two attached hydrogens (primary N) is 1. The normalized spacial score (nSPS) is 11.9. The van der Waals surface area contributed by atoms with Crippen molar-refractivity contribution in [3.63, 3.8) is 0 Å². The van der Waals surface area contributed by atoms with Crippen molar-refractivity contribution in [1.82, 2.24) is 19.9 Å². The highest BCUT2D eigenvalue weighted by Crippen LogP contribution is 2.34. The maximum absolute atomic E-state index is 12.5. The first-order chi connectivity index (χ1) is 18.9. The standard InChI is InChI=1S/C27H28N8O4S/c1-27(2,3)22-13-23(33-39-22)31-26(36)30-17-9-11-19(12-10-17)35-21-15-29-14-20(28)24(21)25(32-35)16-5-7-18(8-6-16)34-40(4,37)38/h5-15,34H,28H2,1-4H3,(H2,30,31,33,36). The minimum Gasteiger partial charge on any atom is -0.397 e. The van der Waals surface area contributed by atoms with Crippen LogP contribution in [0.2, 0.25) is 0 Å². The number of nitrogens with zero attached hydrogens (tertiary/aromatic N) is 4. The summed E-state index contributed by atoms with van der Waals surface area (Å²) >= 11 is 0. The number of carbonyl (C=O) groups is 1. The number of urea groups is 1. The fraction of sp³-hybridized carbons (Fsp3) is 0.185. The van der Waals surface area contributed by atoms with E-state index in [2.05, 4.69) is 25.5 Å². The van der Waals surface area contributed by atoms with E-state index in [-0.39, 0.29) is 5.41 Å². The molecule has 206 valence electrons. The molecule has 0 aliphatic carbocycles. The number of pyridine rings is 1. The predicted octanol–water partition coefficient (Wildman–Crippen LogP) is 4.97. The zero-order valence-electron chi connectivity index (χ0n) is 22.3. The molecule has 0 saturated heterocycles. The van der Waals surface area contributed by atoms with E-state index in [4.69, 9.17) is 15.4 Å². The molecule has 2 aromatic carbocycles. The molecule has 12 nitrogen and oxygen atoms in total. The second-order valence-electron chi connectivity index (χ2n) is 10.3. The fourth-order valence-electron chi connectivity index (χ4n) is 4.05. The quantitative estimate of drug-likeness (QED) is 0.225. The molecule has 0 aliphatic rings. The molecule has 0 bridgehead atoms. The first-order valence-corrected chi connectivity index (χ1v) is 14.1. The molecular weight excluding hydrogens is 532 g/mol. The number of sulfonamides is 1. The summed E-state index contributed by atoms with van der Waals surface area (Å²) in [5.41, 5.74) is 10.3. The second kappa shape index (κ2) is 10.0. The Balaban J connectivity index is 1.39. The van der Waals surface area contributed by atoms with Gasteiger partial charge in [-0.15, -0.1) is 0 Å². The van der Waals surface area contributed by atoms with Crippen LogP contribution in [0, 0.1) is 0 Å². The zero-order valence-corrected chi connectivity index (χ0v) is 23.1. The van der Waals surface area contributed by atoms with Gasteiger partial charge in [-0.05, 0) is 36.4 Å². The first kappa shape index (κ1) is 26.7. The molecule has 13 heteroatoms. The summed E-state index contributed by atoms with van der Waals surface area (Å²) < 4.78 is 32.6. The summed E-state index contributed by atoms with van der Waals surface area (Å²) in [7, 11) is -3.40. The molecule has 40 heavy (non-hydrogen) atoms. The van der Waals surface area contributed by atoms with Crippen LogP contribution in [0.25, 0.3) is 27.8 Å². The Morgan fingerprint density at radius 1 is 0.975 bits per heavy atom. The average Bonchev–Trinajstić information content (AvgIpc) is 3.50. The molecule has 0 unspecified atom stereocenters. The van der Waals surface area contributed by atoms with Gasteiger partial charge in [0.1, 0.15) is 11.5 Å². The second-order valence-corrected chi connectivity index (χ2v) is 12.0. The third-order valence-corrected chi connectivity index (χ3v) is 6.55. The van der Waals surface area contributed by atoms with Gasteiger partial charge in [0, 0.05) is 28.4 Å². The number of nitrogen functional groups attached to an aromatic ring is 1. The Kier molecular flexibility index (Phi) is 6.67. The van der Waals surface area contributed by atoms with Gasteiger partial charge >= 0.3 is 6.03 Å². The summed E-state index contributed by atoms with van der Waals surface area (Å²) in [6, 6.07) is 15.2. The molecule has 3 heterocycles. The van der Waals surface area contributed by atoms with Gasteiger partial charge in [-0.1, -0.05) is 38.1 Å². The van der Waals surface area contributed by atoms with E-state index >= 15 is 0 Å². The monoisotopic (exact) mass is 560 g/mol. The van der Waals surface area contributed by atoms with Crippen molar-refractivity contribution in [2.24, 2.45) is 0 Å². The van der Waals surface area contributed by atoms with Gasteiger partial charge in [-0.2, -0.15) is 5.10 Å². The molecule has 2 amide bonds. The lowest BCUT2D eigenvalue weighted by Crippen LogP contribution is -2.19. The van der Waals surface area contributed by atoms with Gasteiger partial charge in [-0.3, -0.25) is 15.0 Å². The Bertz CT molecular complexity index is 1800. The molecular formula is C27H28N8O4S. The number of benzene rings is 2. The van der Waals surface area contributed by atoms with Crippen molar-refractivity contribution in [3.8, 4) is 16.9 Å². The number of aromatic nitrogens is 4. The SMILES string of the molecule is CC(C)(C)c1cc(NC(=O)Nc2ccc(-n3nc(-c4ccc(NS(C)(=O)=O)cc4)c4c(N)cncc43)cc2)no1. The van der Waals surface area contributed by atoms with Crippen LogP contribution in [0.5, 0.6) is 0 Å². The molecule has 0 spiro atoms. The summed E-state index contributed by atoms with van der Waals surface area (Å²) in [5.74, 6) is 0.981. The highest BCUT2D eigenvalue weighted by atomic mass is 32.2. The van der Waals surface area contributed by atoms with E-state index in [1.54, 1.807) is 59.5 Å². The van der Waals surface area contributed by atoms with Crippen LogP contribution in [-0.2, 0) is 15.4 Å². The maximum atomic E-state index is 12.5. The molecule has 5 rings (SSSR count). The molecule has 5 N–H and O–H groups in total. The van der Waals surface area contributed by atoms with Crippen molar-refractivity contribution in [2.45, 2.75) is 26.2 Å². The Hall–Kier alpha value is -4.91. The van der Waals surface area contributed by atoms with E-state index in [0.29, 0.717) is 45.2 Å². The zero-order chi connectivity index (χ0) is 28.7. The smallest absolute Gasteiger partial charge is 0.324 e. The summed E-state index contributed by atoms with van der Waals surface area (Å²) in [6.45, 7) is 5.97. The highest BCUT2D eigenvalue weighted by molar-refractivity contribution is 7.92. The number of fused-ring (bicyclic) bond motifs is 1. The number of hydrogen-bond acceptors (Lipinski definition) is 8. The van der Waals surface area contributed by atoms with Crippen LogP contribution >= 0.6 is 0 Å². The maximum Gasteiger partial charge on any atom is 0.324 e. The van der Waals surface area contributed by atoms with Gasteiger partial charge in [0.25, 0.3) is 0 Å². The van der Waals surface area contributed by atoms with Crippen molar-refractivity contribution < 1.29 is 17.7 Å². The van der Waals surface area contributed by atoms with Gasteiger partial charge in [0.2, 0.25) is 10.0 Å². The summed E-state index contributed by atoms with van der Waals surface area (Å²) in [5, 5.41) is 14.8. The van der Waals surface area contributed by atoms with Crippen LogP contribution in [0.15, 0.2) is 71.5 Å². The average molecular weight is 561 g/mol. The van der Waals surface area contributed by atoms with E-state index in [1.165, 1.54) is 0 Å². The number of amides is 2. The fourth-order valence-corrected chi connectivity index (χ4v) is 4.61. The van der Waals surface area contributed by atoms with E-state index < -0.39 is 16.1 Å². The number of hydrogen-bond donors (Lipinski definition) is 4. The minimum absolute atomic E-state index is 0.227. The lowest BCUT2D eigenvalue weighted by molar-refractivity contribution is 0.262. The number of carbonyl (C=O) groups excluding carboxylic acids is 1. The van der Waals surface area contributed by atoms with Crippen molar-refractivity contribution in [3.05, 3.63) is 72.8 Å². The van der Waals surface area contributed by atoms with Gasteiger partial charge < -0.3 is 15.6 Å². The minimum atomic E-state index is -3.40. The van der Waals surface area contributed by atoms with Crippen LogP contribution < -0.4 is 21.1 Å². The lowest BCUT2D eigenvalue weighted by Gasteiger charge is -2.12. The molecule has 0 atom stereocenters. The van der Waals surface area contributed by atoms with E-state index in [0.717, 1.165) is 17.5 Å². The van der Waals surface area contributed by atoms with Crippen molar-refractivity contribution in [2.75, 3.05) is 27.3 Å². The first-order valence-electron chi connectivity index (χ1n) is 12.2. The summed E-state index contributed by atoms with van der Waals surface area (Å²) in [6.07, 6.45) is 4.32. The van der Waals surface area contributed by atoms with Gasteiger partial charge in [0.05, 0.1) is 40.9 Å². The summed E-state index contributed by atoms with van der Waals surface area (Å²) in [4.78, 5) is 16.7. The Morgan fingerprint density at radius 2 is 1.65 bits per heavy atom. The molecule has 0 aliphatic heterocycles. The largest absolute Gasteiger partial charge is 0.397 e. The van der Waals surface area contributed by atoms with E-state index in [9.17, 15) is 13.2 Å². The predicted molar refractivity (Wildman–Crippen MR) is 155 cm³/mol. The van der Waals surface area contributed by atoms with Gasteiger partial charge in [0.15, 0.2) is 5.82 Å². The van der Waals surface area contributed by atoms with Crippen molar-refractivity contribution >= 4 is 49.8 Å². The molecule has 0 radical (unpaired) electrons. The third kappa shape index (κ3) is 5.73. The molecule has 0 saturated carbocycles.